The topological polar surface area (TPSA) is 69.5 Å². The molecule has 0 bridgehead atoms. The number of nitriles is 1. The Bertz CT molecular complexity index is 715. The summed E-state index contributed by atoms with van der Waals surface area (Å²) < 4.78 is 5.75. The summed E-state index contributed by atoms with van der Waals surface area (Å²) in [5.74, 6) is 0.0722. The van der Waals surface area contributed by atoms with Gasteiger partial charge in [-0.1, -0.05) is 19.3 Å². The molecule has 0 aromatic carbocycles. The van der Waals surface area contributed by atoms with Crippen LogP contribution in [0.25, 0.3) is 0 Å². The average molecular weight is 368 g/mol. The highest BCUT2D eigenvalue weighted by atomic mass is 16.6. The van der Waals surface area contributed by atoms with Crippen molar-refractivity contribution in [1.29, 1.82) is 5.26 Å². The first kappa shape index (κ1) is 18.2. The van der Waals surface area contributed by atoms with Crippen molar-refractivity contribution in [3.8, 4) is 6.07 Å². The number of rotatable bonds is 4. The number of carbonyl (C=O) groups excluding carboxylic acids is 1. The SMILES string of the molecule is N#Cc1cc(N2CCN(CCC3CC4(CCCCC4)C(=O)O3)CC2)ccn1. The smallest absolute Gasteiger partial charge is 0.312 e. The minimum absolute atomic E-state index is 0.0722. The molecule has 27 heavy (non-hydrogen) atoms. The standard InChI is InChI=1S/C21H28N4O2/c22-16-17-14-18(4-8-23-17)25-12-10-24(11-13-25)9-5-19-15-21(20(26)27-19)6-2-1-3-7-21/h4,8,14,19H,1-3,5-7,9-13,15H2. The van der Waals surface area contributed by atoms with Gasteiger partial charge in [0, 0.05) is 51.0 Å². The van der Waals surface area contributed by atoms with E-state index in [0.717, 1.165) is 64.1 Å². The second-order valence-corrected chi connectivity index (χ2v) is 8.20. The van der Waals surface area contributed by atoms with Crippen LogP contribution in [0.15, 0.2) is 18.3 Å². The van der Waals surface area contributed by atoms with E-state index in [1.54, 1.807) is 6.20 Å². The van der Waals surface area contributed by atoms with Gasteiger partial charge in [-0.15, -0.1) is 0 Å². The van der Waals surface area contributed by atoms with Crippen molar-refractivity contribution in [3.63, 3.8) is 0 Å². The van der Waals surface area contributed by atoms with E-state index in [2.05, 4.69) is 20.9 Å². The molecule has 1 aromatic rings. The first-order valence-electron chi connectivity index (χ1n) is 10.2. The number of anilines is 1. The van der Waals surface area contributed by atoms with Gasteiger partial charge in [-0.2, -0.15) is 5.26 Å². The number of carbonyl (C=O) groups is 1. The lowest BCUT2D eigenvalue weighted by Crippen LogP contribution is -2.47. The minimum Gasteiger partial charge on any atom is -0.462 e. The molecule has 4 rings (SSSR count). The van der Waals surface area contributed by atoms with Crippen molar-refractivity contribution in [3.05, 3.63) is 24.0 Å². The molecule has 0 radical (unpaired) electrons. The van der Waals surface area contributed by atoms with Crippen LogP contribution in [0.1, 0.15) is 50.6 Å². The number of piperazine rings is 1. The van der Waals surface area contributed by atoms with Crippen molar-refractivity contribution >= 4 is 11.7 Å². The second kappa shape index (κ2) is 7.85. The van der Waals surface area contributed by atoms with Gasteiger partial charge >= 0.3 is 5.97 Å². The number of ether oxygens (including phenoxy) is 1. The fourth-order valence-electron chi connectivity index (χ4n) is 4.87. The van der Waals surface area contributed by atoms with Crippen LogP contribution in [0.5, 0.6) is 0 Å². The van der Waals surface area contributed by atoms with E-state index in [9.17, 15) is 4.79 Å². The lowest BCUT2D eigenvalue weighted by atomic mass is 9.72. The van der Waals surface area contributed by atoms with Gasteiger partial charge < -0.3 is 9.64 Å². The number of hydrogen-bond acceptors (Lipinski definition) is 6. The quantitative estimate of drug-likeness (QED) is 0.761. The van der Waals surface area contributed by atoms with E-state index >= 15 is 0 Å². The van der Waals surface area contributed by atoms with Gasteiger partial charge in [0.25, 0.3) is 0 Å². The highest BCUT2D eigenvalue weighted by Crippen LogP contribution is 2.46. The zero-order valence-electron chi connectivity index (χ0n) is 15.9. The molecule has 1 atom stereocenters. The number of hydrogen-bond donors (Lipinski definition) is 0. The zero-order valence-corrected chi connectivity index (χ0v) is 15.9. The van der Waals surface area contributed by atoms with Crippen molar-refractivity contribution in [2.24, 2.45) is 5.41 Å². The van der Waals surface area contributed by atoms with Crippen LogP contribution >= 0.6 is 0 Å². The molecule has 1 aliphatic carbocycles. The summed E-state index contributed by atoms with van der Waals surface area (Å²) in [5, 5.41) is 9.01. The molecule has 1 spiro atoms. The largest absolute Gasteiger partial charge is 0.462 e. The van der Waals surface area contributed by atoms with Crippen molar-refractivity contribution < 1.29 is 9.53 Å². The first-order valence-corrected chi connectivity index (χ1v) is 10.2. The van der Waals surface area contributed by atoms with E-state index in [4.69, 9.17) is 10.00 Å². The molecule has 6 heteroatoms. The van der Waals surface area contributed by atoms with Crippen molar-refractivity contribution in [2.75, 3.05) is 37.6 Å². The number of aromatic nitrogens is 1. The van der Waals surface area contributed by atoms with Gasteiger partial charge in [-0.05, 0) is 31.4 Å². The molecule has 144 valence electrons. The van der Waals surface area contributed by atoms with Crippen LogP contribution in [0, 0.1) is 16.7 Å². The highest BCUT2D eigenvalue weighted by molar-refractivity contribution is 5.79. The fraction of sp³-hybridized carbons (Fsp3) is 0.667. The van der Waals surface area contributed by atoms with Crippen LogP contribution in [0.4, 0.5) is 5.69 Å². The van der Waals surface area contributed by atoms with Crippen LogP contribution in [0.3, 0.4) is 0 Å². The van der Waals surface area contributed by atoms with Gasteiger partial charge in [0.15, 0.2) is 0 Å². The van der Waals surface area contributed by atoms with Gasteiger partial charge in [-0.3, -0.25) is 9.69 Å². The molecule has 3 fully saturated rings. The first-order chi connectivity index (χ1) is 13.2. The maximum Gasteiger partial charge on any atom is 0.312 e. The molecule has 1 aromatic heterocycles. The normalized spacial score (nSPS) is 25.4. The molecule has 6 nitrogen and oxygen atoms in total. The Morgan fingerprint density at radius 1 is 1.22 bits per heavy atom. The lowest BCUT2D eigenvalue weighted by molar-refractivity contribution is -0.150. The van der Waals surface area contributed by atoms with E-state index in [0.29, 0.717) is 5.69 Å². The predicted octanol–water partition coefficient (Wildman–Crippen LogP) is 2.73. The van der Waals surface area contributed by atoms with E-state index in [1.165, 1.54) is 19.3 Å². The molecule has 3 heterocycles. The molecular formula is C21H28N4O2. The van der Waals surface area contributed by atoms with E-state index in [-0.39, 0.29) is 17.5 Å². The molecule has 1 unspecified atom stereocenters. The Hall–Kier alpha value is -2.13. The number of nitrogens with zero attached hydrogens (tertiary/aromatic N) is 4. The van der Waals surface area contributed by atoms with E-state index < -0.39 is 0 Å². The van der Waals surface area contributed by atoms with Crippen molar-refractivity contribution in [1.82, 2.24) is 9.88 Å². The van der Waals surface area contributed by atoms with Gasteiger partial charge in [0.05, 0.1) is 5.41 Å². The summed E-state index contributed by atoms with van der Waals surface area (Å²) in [5.41, 5.74) is 1.39. The summed E-state index contributed by atoms with van der Waals surface area (Å²) in [7, 11) is 0. The van der Waals surface area contributed by atoms with Gasteiger partial charge in [0.2, 0.25) is 0 Å². The van der Waals surface area contributed by atoms with E-state index in [1.807, 2.05) is 12.1 Å². The van der Waals surface area contributed by atoms with Crippen LogP contribution < -0.4 is 4.90 Å². The third-order valence-corrected chi connectivity index (χ3v) is 6.50. The second-order valence-electron chi connectivity index (χ2n) is 8.20. The summed E-state index contributed by atoms with van der Waals surface area (Å²) >= 11 is 0. The summed E-state index contributed by atoms with van der Waals surface area (Å²) in [4.78, 5) is 21.2. The molecular weight excluding hydrogens is 340 g/mol. The molecule has 2 aliphatic heterocycles. The molecule has 1 saturated carbocycles. The zero-order chi connectivity index (χ0) is 18.7. The Balaban J connectivity index is 1.24. The number of esters is 1. The third-order valence-electron chi connectivity index (χ3n) is 6.50. The molecule has 0 N–H and O–H groups in total. The summed E-state index contributed by atoms with van der Waals surface area (Å²) in [6.45, 7) is 4.88. The van der Waals surface area contributed by atoms with Gasteiger partial charge in [-0.25, -0.2) is 4.98 Å². The Kier molecular flexibility index (Phi) is 5.31. The monoisotopic (exact) mass is 368 g/mol. The molecule has 2 saturated heterocycles. The van der Waals surface area contributed by atoms with Crippen LogP contribution in [-0.4, -0.2) is 54.7 Å². The third kappa shape index (κ3) is 3.93. The number of pyridine rings is 1. The Morgan fingerprint density at radius 3 is 2.74 bits per heavy atom. The van der Waals surface area contributed by atoms with Crippen LogP contribution in [0.2, 0.25) is 0 Å². The maximum absolute atomic E-state index is 12.4. The Labute approximate surface area is 161 Å². The highest BCUT2D eigenvalue weighted by Gasteiger charge is 2.48. The lowest BCUT2D eigenvalue weighted by Gasteiger charge is -2.36. The van der Waals surface area contributed by atoms with Gasteiger partial charge in [0.1, 0.15) is 17.9 Å². The van der Waals surface area contributed by atoms with Crippen LogP contribution in [-0.2, 0) is 9.53 Å². The predicted molar refractivity (Wildman–Crippen MR) is 102 cm³/mol. The maximum atomic E-state index is 12.4. The average Bonchev–Trinajstić information content (AvgIpc) is 3.02. The van der Waals surface area contributed by atoms with Crippen molar-refractivity contribution in [2.45, 2.75) is 51.0 Å². The molecule has 3 aliphatic rings. The fourth-order valence-corrected chi connectivity index (χ4v) is 4.87. The minimum atomic E-state index is -0.151. The number of cyclic esters (lactones) is 1. The Morgan fingerprint density at radius 2 is 2.00 bits per heavy atom. The summed E-state index contributed by atoms with van der Waals surface area (Å²) in [6.07, 6.45) is 9.34. The summed E-state index contributed by atoms with van der Waals surface area (Å²) in [6, 6.07) is 5.93. The molecule has 0 amide bonds.